The Balaban J connectivity index is 1.29. The number of ether oxygens (including phenoxy) is 3. The number of allylic oxidation sites excluding steroid dienone is 1. The van der Waals surface area contributed by atoms with Gasteiger partial charge in [0, 0.05) is 36.5 Å². The first-order valence-electron chi connectivity index (χ1n) is 13.3. The van der Waals surface area contributed by atoms with Gasteiger partial charge in [-0.25, -0.2) is 0 Å². The van der Waals surface area contributed by atoms with Gasteiger partial charge in [-0.05, 0) is 53.6 Å². The fourth-order valence-corrected chi connectivity index (χ4v) is 6.94. The van der Waals surface area contributed by atoms with E-state index in [1.807, 2.05) is 42.1 Å². The van der Waals surface area contributed by atoms with Crippen LogP contribution in [-0.2, 0) is 6.54 Å². The molecule has 8 heteroatoms. The topological polar surface area (TPSA) is 68.3 Å². The van der Waals surface area contributed by atoms with Crippen molar-refractivity contribution in [2.24, 2.45) is 0 Å². The van der Waals surface area contributed by atoms with Crippen LogP contribution in [-0.4, -0.2) is 73.1 Å². The van der Waals surface area contributed by atoms with Crippen molar-refractivity contribution in [3.05, 3.63) is 95.1 Å². The third kappa shape index (κ3) is 5.46. The highest BCUT2D eigenvalue weighted by molar-refractivity contribution is 7.99. The number of rotatable bonds is 9. The third-order valence-electron chi connectivity index (χ3n) is 7.66. The Morgan fingerprint density at radius 1 is 0.900 bits per heavy atom. The number of ketones is 1. The van der Waals surface area contributed by atoms with Crippen LogP contribution in [0.3, 0.4) is 0 Å². The molecule has 40 heavy (non-hydrogen) atoms. The van der Waals surface area contributed by atoms with Crippen LogP contribution in [0.5, 0.6) is 17.2 Å². The number of methoxy groups -OCH3 is 3. The summed E-state index contributed by atoms with van der Waals surface area (Å²) in [7, 11) is 4.55. The van der Waals surface area contributed by atoms with Crippen LogP contribution in [0.1, 0.15) is 38.3 Å². The van der Waals surface area contributed by atoms with E-state index in [0.717, 1.165) is 43.1 Å². The van der Waals surface area contributed by atoms with Crippen molar-refractivity contribution in [1.82, 2.24) is 9.80 Å². The van der Waals surface area contributed by atoms with Crippen molar-refractivity contribution in [3.63, 3.8) is 0 Å². The molecular formula is C32H34N2O5S. The number of amides is 1. The molecule has 1 atom stereocenters. The van der Waals surface area contributed by atoms with Gasteiger partial charge in [0.25, 0.3) is 5.91 Å². The van der Waals surface area contributed by atoms with Gasteiger partial charge in [0.2, 0.25) is 5.75 Å². The standard InChI is InChI=1S/C32H34N2O5S/c1-37-28-19-26(20-29(38-2)30(28)39-3)27(35)14-11-23-9-12-25(13-10-23)31(36)34-17-16-33(32(34)15-18-40-22-32)21-24-7-5-4-6-8-24/h4-14,19-20H,15-18,21-22H2,1-3H3/b14-11+. The summed E-state index contributed by atoms with van der Waals surface area (Å²) in [6, 6.07) is 21.2. The zero-order chi connectivity index (χ0) is 28.1. The van der Waals surface area contributed by atoms with Gasteiger partial charge in [0.15, 0.2) is 17.3 Å². The maximum atomic E-state index is 13.7. The predicted molar refractivity (Wildman–Crippen MR) is 158 cm³/mol. The van der Waals surface area contributed by atoms with Crippen LogP contribution >= 0.6 is 11.8 Å². The lowest BCUT2D eigenvalue weighted by molar-refractivity contribution is 0.0260. The lowest BCUT2D eigenvalue weighted by Crippen LogP contribution is -2.55. The summed E-state index contributed by atoms with van der Waals surface area (Å²) < 4.78 is 16.1. The van der Waals surface area contributed by atoms with E-state index in [4.69, 9.17) is 14.2 Å². The lowest BCUT2D eigenvalue weighted by atomic mass is 10.0. The zero-order valence-electron chi connectivity index (χ0n) is 23.1. The Morgan fingerprint density at radius 3 is 2.20 bits per heavy atom. The largest absolute Gasteiger partial charge is 0.493 e. The number of benzene rings is 3. The molecule has 1 spiro atoms. The van der Waals surface area contributed by atoms with E-state index in [1.54, 1.807) is 18.2 Å². The van der Waals surface area contributed by atoms with Crippen molar-refractivity contribution in [2.75, 3.05) is 45.9 Å². The van der Waals surface area contributed by atoms with Crippen molar-refractivity contribution in [3.8, 4) is 17.2 Å². The first-order chi connectivity index (χ1) is 19.5. The molecule has 7 nitrogen and oxygen atoms in total. The Labute approximate surface area is 239 Å². The fourth-order valence-electron chi connectivity index (χ4n) is 5.52. The van der Waals surface area contributed by atoms with Crippen molar-refractivity contribution in [2.45, 2.75) is 18.6 Å². The predicted octanol–water partition coefficient (Wildman–Crippen LogP) is 5.40. The Bertz CT molecular complexity index is 1360. The maximum absolute atomic E-state index is 13.7. The molecule has 0 radical (unpaired) electrons. The number of thioether (sulfide) groups is 1. The minimum absolute atomic E-state index is 0.0575. The van der Waals surface area contributed by atoms with Gasteiger partial charge < -0.3 is 19.1 Å². The zero-order valence-corrected chi connectivity index (χ0v) is 23.9. The summed E-state index contributed by atoms with van der Waals surface area (Å²) in [6.45, 7) is 2.43. The molecule has 1 amide bonds. The molecule has 0 aliphatic carbocycles. The summed E-state index contributed by atoms with van der Waals surface area (Å²) in [5.74, 6) is 3.12. The quantitative estimate of drug-likeness (QED) is 0.257. The van der Waals surface area contributed by atoms with Crippen molar-refractivity contribution >= 4 is 29.5 Å². The molecule has 0 bridgehead atoms. The van der Waals surface area contributed by atoms with E-state index in [2.05, 4.69) is 34.1 Å². The molecule has 1 unspecified atom stereocenters. The normalized spacial score (nSPS) is 18.9. The second-order valence-electron chi connectivity index (χ2n) is 9.88. The van der Waals surface area contributed by atoms with Gasteiger partial charge in [0.05, 0.1) is 21.3 Å². The van der Waals surface area contributed by atoms with Crippen LogP contribution in [0.4, 0.5) is 0 Å². The molecule has 208 valence electrons. The number of hydrogen-bond acceptors (Lipinski definition) is 7. The molecular weight excluding hydrogens is 524 g/mol. The SMILES string of the molecule is COc1cc(C(=O)/C=C/c2ccc(C(=O)N3CCN(Cc4ccccc4)C34CCSC4)cc2)cc(OC)c1OC. The molecule has 0 saturated carbocycles. The smallest absolute Gasteiger partial charge is 0.255 e. The van der Waals surface area contributed by atoms with E-state index in [9.17, 15) is 9.59 Å². The second kappa shape index (κ2) is 12.2. The minimum atomic E-state index is -0.247. The van der Waals surface area contributed by atoms with E-state index in [0.29, 0.717) is 28.4 Å². The van der Waals surface area contributed by atoms with Gasteiger partial charge in [-0.2, -0.15) is 11.8 Å². The molecule has 3 aromatic rings. The summed E-state index contributed by atoms with van der Waals surface area (Å²) in [5.41, 5.74) is 2.93. The van der Waals surface area contributed by atoms with Gasteiger partial charge >= 0.3 is 0 Å². The van der Waals surface area contributed by atoms with Gasteiger partial charge in [0.1, 0.15) is 5.66 Å². The first-order valence-corrected chi connectivity index (χ1v) is 14.5. The Kier molecular flexibility index (Phi) is 8.47. The van der Waals surface area contributed by atoms with Gasteiger partial charge in [-0.15, -0.1) is 0 Å². The molecule has 0 aromatic heterocycles. The minimum Gasteiger partial charge on any atom is -0.493 e. The van der Waals surface area contributed by atoms with Crippen LogP contribution in [0.15, 0.2) is 72.8 Å². The number of hydrogen-bond donors (Lipinski definition) is 0. The Hall–Kier alpha value is -3.75. The first kappa shape index (κ1) is 27.8. The summed E-state index contributed by atoms with van der Waals surface area (Å²) in [5, 5.41) is 0. The van der Waals surface area contributed by atoms with E-state index in [1.165, 1.54) is 33.0 Å². The van der Waals surface area contributed by atoms with Crippen LogP contribution < -0.4 is 14.2 Å². The highest BCUT2D eigenvalue weighted by Gasteiger charge is 2.51. The number of carbonyl (C=O) groups excluding carboxylic acids is 2. The fraction of sp³-hybridized carbons (Fsp3) is 0.312. The third-order valence-corrected chi connectivity index (χ3v) is 8.82. The van der Waals surface area contributed by atoms with Crippen LogP contribution in [0.25, 0.3) is 6.08 Å². The highest BCUT2D eigenvalue weighted by atomic mass is 32.2. The number of nitrogens with zero attached hydrogens (tertiary/aromatic N) is 2. The van der Waals surface area contributed by atoms with Crippen molar-refractivity contribution < 1.29 is 23.8 Å². The van der Waals surface area contributed by atoms with E-state index < -0.39 is 0 Å². The van der Waals surface area contributed by atoms with Crippen molar-refractivity contribution in [1.29, 1.82) is 0 Å². The molecule has 5 rings (SSSR count). The Morgan fingerprint density at radius 2 is 1.60 bits per heavy atom. The molecule has 2 heterocycles. The highest BCUT2D eigenvalue weighted by Crippen LogP contribution is 2.41. The van der Waals surface area contributed by atoms with Crippen LogP contribution in [0, 0.1) is 0 Å². The molecule has 2 aliphatic rings. The average molecular weight is 559 g/mol. The van der Waals surface area contributed by atoms with Gasteiger partial charge in [-0.1, -0.05) is 48.5 Å². The summed E-state index contributed by atoms with van der Waals surface area (Å²) in [6.07, 6.45) is 4.22. The molecule has 2 aliphatic heterocycles. The molecule has 0 N–H and O–H groups in total. The second-order valence-corrected chi connectivity index (χ2v) is 11.0. The van der Waals surface area contributed by atoms with Gasteiger partial charge in [-0.3, -0.25) is 14.5 Å². The van der Waals surface area contributed by atoms with E-state index >= 15 is 0 Å². The van der Waals surface area contributed by atoms with E-state index in [-0.39, 0.29) is 17.4 Å². The molecule has 2 saturated heterocycles. The summed E-state index contributed by atoms with van der Waals surface area (Å²) in [4.78, 5) is 31.2. The molecule has 3 aromatic carbocycles. The monoisotopic (exact) mass is 558 g/mol. The lowest BCUT2D eigenvalue weighted by Gasteiger charge is -2.40. The molecule has 2 fully saturated rings. The average Bonchev–Trinajstić information content (AvgIpc) is 3.63. The summed E-state index contributed by atoms with van der Waals surface area (Å²) >= 11 is 1.92. The number of carbonyl (C=O) groups is 2. The maximum Gasteiger partial charge on any atom is 0.255 e. The van der Waals surface area contributed by atoms with Crippen LogP contribution in [0.2, 0.25) is 0 Å².